The normalized spacial score (nSPS) is 15.8. The van der Waals surface area contributed by atoms with Gasteiger partial charge in [0.15, 0.2) is 0 Å². The lowest BCUT2D eigenvalue weighted by atomic mass is 10.3. The summed E-state index contributed by atoms with van der Waals surface area (Å²) in [6, 6.07) is 6.94. The van der Waals surface area contributed by atoms with Gasteiger partial charge >= 0.3 is 0 Å². The number of sulfonamides is 2. The van der Waals surface area contributed by atoms with Crippen LogP contribution in [0.25, 0.3) is 0 Å². The maximum absolute atomic E-state index is 14.2. The highest BCUT2D eigenvalue weighted by Crippen LogP contribution is 2.26. The molecule has 2 aromatic carbocycles. The number of rotatable bonds is 6. The summed E-state index contributed by atoms with van der Waals surface area (Å²) in [7, 11) is -8.36. The number of nitrogens with one attached hydrogen (secondary N) is 1. The lowest BCUT2D eigenvalue weighted by molar-refractivity contribution is -0.384. The van der Waals surface area contributed by atoms with E-state index in [9.17, 15) is 31.3 Å². The van der Waals surface area contributed by atoms with Crippen LogP contribution in [0, 0.1) is 15.9 Å². The minimum Gasteiger partial charge on any atom is -0.379 e. The van der Waals surface area contributed by atoms with Gasteiger partial charge in [0.25, 0.3) is 15.7 Å². The highest BCUT2D eigenvalue weighted by atomic mass is 32.2. The third-order valence-electron chi connectivity index (χ3n) is 4.13. The molecule has 0 aliphatic carbocycles. The number of halogens is 1. The van der Waals surface area contributed by atoms with Crippen molar-refractivity contribution >= 4 is 31.4 Å². The van der Waals surface area contributed by atoms with Crippen LogP contribution in [0.15, 0.2) is 52.3 Å². The van der Waals surface area contributed by atoms with E-state index in [0.717, 1.165) is 46.8 Å². The zero-order chi connectivity index (χ0) is 21.2. The number of non-ortho nitro benzene ring substituents is 1. The molecule has 29 heavy (non-hydrogen) atoms. The van der Waals surface area contributed by atoms with Crippen LogP contribution in [-0.2, 0) is 24.8 Å². The first-order valence-corrected chi connectivity index (χ1v) is 11.2. The van der Waals surface area contributed by atoms with E-state index in [2.05, 4.69) is 4.72 Å². The average Bonchev–Trinajstić information content (AvgIpc) is 2.70. The maximum atomic E-state index is 14.2. The summed E-state index contributed by atoms with van der Waals surface area (Å²) in [5.74, 6) is -1.02. The van der Waals surface area contributed by atoms with Gasteiger partial charge in [0.1, 0.15) is 10.7 Å². The van der Waals surface area contributed by atoms with E-state index < -0.39 is 35.7 Å². The van der Waals surface area contributed by atoms with E-state index in [0.29, 0.717) is 0 Å². The van der Waals surface area contributed by atoms with Crippen molar-refractivity contribution in [2.45, 2.75) is 9.79 Å². The molecule has 13 heteroatoms. The predicted molar refractivity (Wildman–Crippen MR) is 99.9 cm³/mol. The predicted octanol–water partition coefficient (Wildman–Crippen LogP) is 1.56. The molecule has 10 nitrogen and oxygen atoms in total. The monoisotopic (exact) mass is 445 g/mol. The van der Waals surface area contributed by atoms with Gasteiger partial charge in [0.2, 0.25) is 10.0 Å². The molecule has 1 N–H and O–H groups in total. The van der Waals surface area contributed by atoms with Gasteiger partial charge in [-0.3, -0.25) is 14.8 Å². The van der Waals surface area contributed by atoms with Gasteiger partial charge in [0, 0.05) is 25.2 Å². The van der Waals surface area contributed by atoms with Crippen LogP contribution in [0.1, 0.15) is 0 Å². The lowest BCUT2D eigenvalue weighted by Crippen LogP contribution is -2.40. The number of anilines is 1. The van der Waals surface area contributed by atoms with Crippen LogP contribution < -0.4 is 4.72 Å². The fourth-order valence-electron chi connectivity index (χ4n) is 2.65. The van der Waals surface area contributed by atoms with Crippen molar-refractivity contribution in [2.24, 2.45) is 0 Å². The zero-order valence-electron chi connectivity index (χ0n) is 14.8. The van der Waals surface area contributed by atoms with Crippen molar-refractivity contribution in [2.75, 3.05) is 31.0 Å². The molecule has 1 fully saturated rings. The summed E-state index contributed by atoms with van der Waals surface area (Å²) in [6.07, 6.45) is 0. The number of benzene rings is 2. The molecule has 0 saturated carbocycles. The fraction of sp³-hybridized carbons (Fsp3) is 0.250. The summed E-state index contributed by atoms with van der Waals surface area (Å²) in [5.41, 5.74) is -0.457. The van der Waals surface area contributed by atoms with Crippen LogP contribution in [0.5, 0.6) is 0 Å². The third-order valence-corrected chi connectivity index (χ3v) is 7.44. The molecule has 1 aliphatic heterocycles. The second-order valence-corrected chi connectivity index (χ2v) is 9.61. The van der Waals surface area contributed by atoms with Crippen molar-refractivity contribution in [3.05, 3.63) is 58.4 Å². The van der Waals surface area contributed by atoms with Crippen molar-refractivity contribution in [1.82, 2.24) is 4.31 Å². The molecule has 2 aromatic rings. The van der Waals surface area contributed by atoms with Gasteiger partial charge in [-0.25, -0.2) is 21.2 Å². The van der Waals surface area contributed by atoms with Crippen LogP contribution in [-0.4, -0.2) is 52.4 Å². The Morgan fingerprint density at radius 2 is 1.66 bits per heavy atom. The molecule has 3 rings (SSSR count). The molecule has 0 aromatic heterocycles. The molecule has 0 unspecified atom stereocenters. The molecular formula is C16H16FN3O7S2. The standard InChI is InChI=1S/C16H16FN3O7S2/c17-15-6-1-12(11-16(15)29(25,26)19-7-9-27-10-8-19)18-28(23,24)14-4-2-13(3-5-14)20(21)22/h1-6,11,18H,7-10H2. The fourth-order valence-corrected chi connectivity index (χ4v) is 5.20. The molecule has 156 valence electrons. The molecule has 0 atom stereocenters. The maximum Gasteiger partial charge on any atom is 0.269 e. The quantitative estimate of drug-likeness (QED) is 0.526. The van der Waals surface area contributed by atoms with Gasteiger partial charge in [-0.1, -0.05) is 0 Å². The Balaban J connectivity index is 1.90. The molecule has 0 radical (unpaired) electrons. The number of hydrogen-bond donors (Lipinski definition) is 1. The third kappa shape index (κ3) is 4.53. The van der Waals surface area contributed by atoms with E-state index >= 15 is 0 Å². The molecule has 0 spiro atoms. The number of nitro benzene ring substituents is 1. The van der Waals surface area contributed by atoms with Crippen molar-refractivity contribution in [1.29, 1.82) is 0 Å². The molecule has 1 saturated heterocycles. The van der Waals surface area contributed by atoms with E-state index in [-0.39, 0.29) is 42.6 Å². The molecule has 1 aliphatic rings. The highest BCUT2D eigenvalue weighted by Gasteiger charge is 2.29. The number of ether oxygens (including phenoxy) is 1. The topological polar surface area (TPSA) is 136 Å². The SMILES string of the molecule is O=[N+]([O-])c1ccc(S(=O)(=O)Nc2ccc(F)c(S(=O)(=O)N3CCOCC3)c2)cc1. The molecular weight excluding hydrogens is 429 g/mol. The number of morpholine rings is 1. The van der Waals surface area contributed by atoms with Crippen molar-refractivity contribution in [3.8, 4) is 0 Å². The largest absolute Gasteiger partial charge is 0.379 e. The molecule has 0 amide bonds. The van der Waals surface area contributed by atoms with Gasteiger partial charge in [-0.05, 0) is 30.3 Å². The first-order valence-electron chi connectivity index (χ1n) is 8.26. The summed E-state index contributed by atoms with van der Waals surface area (Å²) in [5, 5.41) is 10.7. The first-order chi connectivity index (χ1) is 13.6. The summed E-state index contributed by atoms with van der Waals surface area (Å²) in [4.78, 5) is 9.07. The van der Waals surface area contributed by atoms with Crippen LogP contribution in [0.4, 0.5) is 15.8 Å². The van der Waals surface area contributed by atoms with Crippen LogP contribution >= 0.6 is 0 Å². The molecule has 1 heterocycles. The van der Waals surface area contributed by atoms with Gasteiger partial charge in [-0.2, -0.15) is 4.31 Å². The minimum atomic E-state index is -4.18. The summed E-state index contributed by atoms with van der Waals surface area (Å²) >= 11 is 0. The number of hydrogen-bond acceptors (Lipinski definition) is 7. The lowest BCUT2D eigenvalue weighted by Gasteiger charge is -2.26. The van der Waals surface area contributed by atoms with Crippen molar-refractivity contribution in [3.63, 3.8) is 0 Å². The Bertz CT molecular complexity index is 1130. The van der Waals surface area contributed by atoms with Crippen LogP contribution in [0.2, 0.25) is 0 Å². The van der Waals surface area contributed by atoms with E-state index in [1.807, 2.05) is 0 Å². The van der Waals surface area contributed by atoms with E-state index in [4.69, 9.17) is 4.74 Å². The average molecular weight is 445 g/mol. The second-order valence-electron chi connectivity index (χ2n) is 6.02. The van der Waals surface area contributed by atoms with Crippen LogP contribution in [0.3, 0.4) is 0 Å². The zero-order valence-corrected chi connectivity index (χ0v) is 16.4. The Hall–Kier alpha value is -2.61. The Morgan fingerprint density at radius 1 is 1.03 bits per heavy atom. The first kappa shape index (κ1) is 21.1. The smallest absolute Gasteiger partial charge is 0.269 e. The molecule has 0 bridgehead atoms. The Morgan fingerprint density at radius 3 is 2.24 bits per heavy atom. The Kier molecular flexibility index (Phi) is 5.84. The Labute approximate surface area is 166 Å². The minimum absolute atomic E-state index is 0.0561. The highest BCUT2D eigenvalue weighted by molar-refractivity contribution is 7.92. The second kappa shape index (κ2) is 8.02. The summed E-state index contributed by atoms with van der Waals surface area (Å²) < 4.78 is 72.9. The van der Waals surface area contributed by atoms with Gasteiger partial charge in [0.05, 0.1) is 28.7 Å². The number of nitrogens with zero attached hydrogens (tertiary/aromatic N) is 2. The van der Waals surface area contributed by atoms with E-state index in [1.165, 1.54) is 0 Å². The van der Waals surface area contributed by atoms with E-state index in [1.54, 1.807) is 0 Å². The van der Waals surface area contributed by atoms with Gasteiger partial charge < -0.3 is 4.74 Å². The number of nitro groups is 1. The summed E-state index contributed by atoms with van der Waals surface area (Å²) in [6.45, 7) is 0.460. The van der Waals surface area contributed by atoms with Crippen molar-refractivity contribution < 1.29 is 30.9 Å². The van der Waals surface area contributed by atoms with Gasteiger partial charge in [-0.15, -0.1) is 0 Å².